The quantitative estimate of drug-likeness (QED) is 0.159. The van der Waals surface area contributed by atoms with E-state index in [1.165, 1.54) is 36.5 Å². The van der Waals surface area contributed by atoms with E-state index in [0.717, 1.165) is 12.8 Å². The van der Waals surface area contributed by atoms with Gasteiger partial charge < -0.3 is 45.4 Å². The third-order valence-electron chi connectivity index (χ3n) is 10.7. The van der Waals surface area contributed by atoms with Gasteiger partial charge in [-0.1, -0.05) is 25.0 Å². The van der Waals surface area contributed by atoms with Gasteiger partial charge in [-0.05, 0) is 66.6 Å². The molecule has 0 amide bonds. The molecule has 12 heteroatoms. The largest absolute Gasteiger partial charge is 0.507 e. The molecule has 6 unspecified atom stereocenters. The predicted molar refractivity (Wildman–Crippen MR) is 166 cm³/mol. The number of carbonyl (C=O) groups is 2. The van der Waals surface area contributed by atoms with Crippen LogP contribution in [0, 0.1) is 12.3 Å². The number of aromatic nitrogens is 1. The average molecular weight is 643 g/mol. The molecule has 1 aromatic heterocycles. The maximum Gasteiger partial charge on any atom is 0.260 e. The van der Waals surface area contributed by atoms with E-state index >= 15 is 0 Å². The van der Waals surface area contributed by atoms with E-state index in [2.05, 4.69) is 10.3 Å². The molecule has 3 aromatic rings. The van der Waals surface area contributed by atoms with Crippen molar-refractivity contribution in [3.05, 3.63) is 82.1 Å². The highest BCUT2D eigenvalue weighted by Crippen LogP contribution is 2.52. The number of aromatic hydroxyl groups is 1. The summed E-state index contributed by atoms with van der Waals surface area (Å²) in [6, 6.07) is 5.94. The smallest absolute Gasteiger partial charge is 0.260 e. The Hall–Kier alpha value is -4.17. The van der Waals surface area contributed by atoms with E-state index in [-0.39, 0.29) is 45.9 Å². The number of fused-ring (bicyclic) bond motifs is 5. The molecule has 12 nitrogen and oxygen atoms in total. The molecule has 2 spiro atoms. The summed E-state index contributed by atoms with van der Waals surface area (Å²) < 4.78 is 12.8. The molecule has 2 fully saturated rings. The number of hydrogen-bond donors (Lipinski definition) is 7. The number of pyridine rings is 1. The van der Waals surface area contributed by atoms with Gasteiger partial charge in [-0.3, -0.25) is 9.59 Å². The van der Waals surface area contributed by atoms with E-state index in [4.69, 9.17) is 9.47 Å². The van der Waals surface area contributed by atoms with Gasteiger partial charge in [0, 0.05) is 34.7 Å². The number of benzene rings is 2. The second kappa shape index (κ2) is 10.2. The highest BCUT2D eigenvalue weighted by Gasteiger charge is 2.64. The maximum absolute atomic E-state index is 14.3. The summed E-state index contributed by atoms with van der Waals surface area (Å²) in [4.78, 5) is 33.0. The number of rotatable bonds is 1. The molecule has 2 aromatic carbocycles. The lowest BCUT2D eigenvalue weighted by Gasteiger charge is -2.55. The number of carbonyl (C=O) groups excluding carboxylic acids is 2. The van der Waals surface area contributed by atoms with Gasteiger partial charge in [-0.2, -0.15) is 0 Å². The fourth-order valence-electron chi connectivity index (χ4n) is 8.21. The SMILES string of the molecule is Cc1cc(O)c2c(c1)C(=O)c1c(c3cc4c(nccc14)NCC(O)C1(C=C4C=CC5(O3)OC4(CO)C(O)C(O)C5O)CCCC1)C2=O. The first-order chi connectivity index (χ1) is 22.4. The highest BCUT2D eigenvalue weighted by atomic mass is 16.7. The van der Waals surface area contributed by atoms with E-state index < -0.39 is 59.4 Å². The predicted octanol–water partition coefficient (Wildman–Crippen LogP) is 1.79. The van der Waals surface area contributed by atoms with Crippen molar-refractivity contribution >= 4 is 28.2 Å². The van der Waals surface area contributed by atoms with Crippen molar-refractivity contribution in [3.8, 4) is 11.5 Å². The van der Waals surface area contributed by atoms with Crippen molar-refractivity contribution < 1.29 is 49.7 Å². The van der Waals surface area contributed by atoms with Crippen molar-refractivity contribution in [1.82, 2.24) is 4.98 Å². The van der Waals surface area contributed by atoms with Crippen LogP contribution >= 0.6 is 0 Å². The van der Waals surface area contributed by atoms with Crippen LogP contribution in [-0.2, 0) is 4.74 Å². The minimum absolute atomic E-state index is 0.00932. The van der Waals surface area contributed by atoms with Crippen molar-refractivity contribution in [2.45, 2.75) is 68.4 Å². The second-order valence-corrected chi connectivity index (χ2v) is 13.4. The zero-order valence-corrected chi connectivity index (χ0v) is 25.4. The van der Waals surface area contributed by atoms with Gasteiger partial charge in [0.25, 0.3) is 5.79 Å². The molecule has 2 aliphatic carbocycles. The molecule has 47 heavy (non-hydrogen) atoms. The molecule has 1 saturated carbocycles. The standard InChI is InChI=1S/C35H34N2O10/c1-16-10-20-24(21(39)11-16)28(42)26-22-12-19-18(25(26)27(20)41)5-9-36-32(19)37-14-23(40)33(6-2-3-7-33)13-17-4-8-35(46-22)31(45)29(43)30(44)34(17,15-38)47-35/h4-5,8-13,23,29-31,38-40,43-45H,2-3,6-7,14-15H2,1H3,(H,36,37). The Morgan fingerprint density at radius 2 is 1.74 bits per heavy atom. The molecule has 5 heterocycles. The molecule has 244 valence electrons. The summed E-state index contributed by atoms with van der Waals surface area (Å²) in [5, 5.41) is 71.4. The molecular weight excluding hydrogens is 608 g/mol. The zero-order chi connectivity index (χ0) is 33.0. The molecule has 7 N–H and O–H groups in total. The molecule has 4 aliphatic heterocycles. The lowest BCUT2D eigenvalue weighted by Crippen LogP contribution is -2.74. The van der Waals surface area contributed by atoms with Crippen LogP contribution in [0.2, 0.25) is 0 Å². The van der Waals surface area contributed by atoms with Gasteiger partial charge in [0.05, 0.1) is 23.8 Å². The van der Waals surface area contributed by atoms with E-state index in [1.807, 2.05) is 0 Å². The van der Waals surface area contributed by atoms with Crippen molar-refractivity contribution in [2.75, 3.05) is 18.5 Å². The van der Waals surface area contributed by atoms with E-state index in [1.54, 1.807) is 19.1 Å². The minimum atomic E-state index is -2.26. The Kier molecular flexibility index (Phi) is 6.53. The molecular formula is C35H34N2O10. The molecule has 9 rings (SSSR count). The van der Waals surface area contributed by atoms with Crippen LogP contribution in [0.25, 0.3) is 10.8 Å². The third kappa shape index (κ3) is 4.00. The van der Waals surface area contributed by atoms with Gasteiger partial charge in [0.2, 0.25) is 5.78 Å². The van der Waals surface area contributed by atoms with Crippen LogP contribution in [0.4, 0.5) is 5.82 Å². The first-order valence-corrected chi connectivity index (χ1v) is 15.7. The van der Waals surface area contributed by atoms with Gasteiger partial charge in [-0.25, -0.2) is 4.98 Å². The zero-order valence-electron chi connectivity index (χ0n) is 25.4. The number of nitrogens with zero attached hydrogens (tertiary/aromatic N) is 1. The number of hydrogen-bond acceptors (Lipinski definition) is 12. The molecule has 6 atom stereocenters. The first-order valence-electron chi connectivity index (χ1n) is 15.7. The fourth-order valence-corrected chi connectivity index (χ4v) is 8.21. The topological polar surface area (TPSA) is 199 Å². The van der Waals surface area contributed by atoms with Crippen LogP contribution in [0.3, 0.4) is 0 Å². The Bertz CT molecular complexity index is 1950. The molecule has 1 saturated heterocycles. The number of anilines is 1. The lowest BCUT2D eigenvalue weighted by molar-refractivity contribution is -0.346. The Balaban J connectivity index is 1.44. The van der Waals surface area contributed by atoms with Crippen LogP contribution in [0.15, 0.2) is 54.3 Å². The number of aliphatic hydroxyl groups is 5. The number of aryl methyl sites for hydroxylation is 1. The van der Waals surface area contributed by atoms with Crippen LogP contribution in [0.5, 0.6) is 11.5 Å². The number of ether oxygens (including phenoxy) is 2. The van der Waals surface area contributed by atoms with Crippen molar-refractivity contribution in [2.24, 2.45) is 5.41 Å². The summed E-state index contributed by atoms with van der Waals surface area (Å²) in [6.45, 7) is 0.900. The number of phenolic OH excluding ortho intramolecular Hbond substituents is 1. The molecule has 6 aliphatic rings. The normalized spacial score (nSPS) is 32.1. The van der Waals surface area contributed by atoms with Gasteiger partial charge in [-0.15, -0.1) is 0 Å². The van der Waals surface area contributed by atoms with Gasteiger partial charge in [0.1, 0.15) is 35.1 Å². The third-order valence-corrected chi connectivity index (χ3v) is 10.7. The summed E-state index contributed by atoms with van der Waals surface area (Å²) in [6.07, 6.45) is 2.38. The first kappa shape index (κ1) is 30.2. The van der Waals surface area contributed by atoms with Gasteiger partial charge >= 0.3 is 0 Å². The highest BCUT2D eigenvalue weighted by molar-refractivity contribution is 6.34. The lowest BCUT2D eigenvalue weighted by atomic mass is 9.71. The second-order valence-electron chi connectivity index (χ2n) is 13.4. The van der Waals surface area contributed by atoms with E-state index in [0.29, 0.717) is 35.0 Å². The van der Waals surface area contributed by atoms with Crippen LogP contribution in [-0.4, -0.2) is 96.1 Å². The van der Waals surface area contributed by atoms with Gasteiger partial charge in [0.15, 0.2) is 11.9 Å². The van der Waals surface area contributed by atoms with Crippen molar-refractivity contribution in [1.29, 1.82) is 0 Å². The maximum atomic E-state index is 14.3. The van der Waals surface area contributed by atoms with Crippen molar-refractivity contribution in [3.63, 3.8) is 0 Å². The average Bonchev–Trinajstić information content (AvgIpc) is 3.54. The number of nitrogens with one attached hydrogen (secondary N) is 1. The number of ketones is 2. The Labute approximate surface area is 268 Å². The summed E-state index contributed by atoms with van der Waals surface area (Å²) in [5.41, 5.74) is -2.38. The monoisotopic (exact) mass is 642 g/mol. The minimum Gasteiger partial charge on any atom is -0.507 e. The Morgan fingerprint density at radius 3 is 2.49 bits per heavy atom. The number of phenols is 1. The number of aliphatic hydroxyl groups excluding tert-OH is 5. The fraction of sp³-hybridized carbons (Fsp3) is 0.400. The van der Waals surface area contributed by atoms with Crippen LogP contribution in [0.1, 0.15) is 63.1 Å². The molecule has 0 radical (unpaired) electrons. The van der Waals surface area contributed by atoms with Crippen LogP contribution < -0.4 is 10.1 Å². The summed E-state index contributed by atoms with van der Waals surface area (Å²) in [5.74, 6) is -3.86. The summed E-state index contributed by atoms with van der Waals surface area (Å²) >= 11 is 0. The van der Waals surface area contributed by atoms with E-state index in [9.17, 15) is 40.2 Å². The Morgan fingerprint density at radius 1 is 0.979 bits per heavy atom. The summed E-state index contributed by atoms with van der Waals surface area (Å²) in [7, 11) is 0. The molecule has 5 bridgehead atoms.